The number of ether oxygens (including phenoxy) is 2. The molecule has 3 N–H and O–H groups in total. The lowest BCUT2D eigenvalue weighted by atomic mass is 9.93. The molecule has 0 aromatic heterocycles. The quantitative estimate of drug-likeness (QED) is 0.693. The summed E-state index contributed by atoms with van der Waals surface area (Å²) in [6.07, 6.45) is 0. The molecule has 0 aliphatic rings. The molecule has 0 saturated carbocycles. The molecule has 0 bridgehead atoms. The summed E-state index contributed by atoms with van der Waals surface area (Å²) in [5.41, 5.74) is 4.74. The molecule has 5 heteroatoms. The zero-order valence-corrected chi connectivity index (χ0v) is 11.7. The van der Waals surface area contributed by atoms with E-state index in [1.165, 1.54) is 0 Å². The lowest BCUT2D eigenvalue weighted by molar-refractivity contribution is -0.125. The molecule has 0 saturated heterocycles. The number of hydrogen-bond donors (Lipinski definition) is 2. The normalized spacial score (nSPS) is 11.1. The highest BCUT2D eigenvalue weighted by molar-refractivity contribution is 5.80. The maximum atomic E-state index is 11.1. The molecular formula is C14H22N2O3. The average Bonchev–Trinajstić information content (AvgIpc) is 2.38. The molecule has 1 aromatic carbocycles. The Morgan fingerprint density at radius 1 is 1.32 bits per heavy atom. The molecule has 1 aromatic rings. The van der Waals surface area contributed by atoms with E-state index in [1.54, 1.807) is 7.11 Å². The maximum Gasteiger partial charge on any atom is 0.224 e. The number of carbonyl (C=O) groups excluding carboxylic acids is 1. The van der Waals surface area contributed by atoms with Crippen molar-refractivity contribution in [3.63, 3.8) is 0 Å². The smallest absolute Gasteiger partial charge is 0.224 e. The van der Waals surface area contributed by atoms with Gasteiger partial charge in [-0.3, -0.25) is 4.79 Å². The molecule has 1 rings (SSSR count). The predicted molar refractivity (Wildman–Crippen MR) is 74.3 cm³/mol. The molecule has 0 heterocycles. The molecule has 106 valence electrons. The molecule has 1 amide bonds. The fourth-order valence-corrected chi connectivity index (χ4v) is 1.46. The largest absolute Gasteiger partial charge is 0.493 e. The van der Waals surface area contributed by atoms with Crippen LogP contribution < -0.4 is 20.5 Å². The first kappa shape index (κ1) is 15.3. The van der Waals surface area contributed by atoms with E-state index in [2.05, 4.69) is 5.32 Å². The highest BCUT2D eigenvalue weighted by Crippen LogP contribution is 2.25. The van der Waals surface area contributed by atoms with Crippen molar-refractivity contribution < 1.29 is 14.3 Å². The lowest BCUT2D eigenvalue weighted by Gasteiger charge is -2.20. The molecule has 0 atom stereocenters. The van der Waals surface area contributed by atoms with Crippen molar-refractivity contribution in [2.45, 2.75) is 13.8 Å². The standard InChI is InChI=1S/C14H22N2O3/c1-14(2,13(15)17)10-16-8-9-19-12-7-5-4-6-11(12)18-3/h4-7,16H,8-10H2,1-3H3,(H2,15,17). The molecule has 0 aliphatic heterocycles. The number of benzene rings is 1. The van der Waals surface area contributed by atoms with Crippen LogP contribution in [0.3, 0.4) is 0 Å². The minimum Gasteiger partial charge on any atom is -0.493 e. The number of nitrogens with one attached hydrogen (secondary N) is 1. The minimum atomic E-state index is -0.551. The van der Waals surface area contributed by atoms with Crippen molar-refractivity contribution in [1.29, 1.82) is 0 Å². The van der Waals surface area contributed by atoms with E-state index in [1.807, 2.05) is 38.1 Å². The summed E-state index contributed by atoms with van der Waals surface area (Å²) in [5.74, 6) is 1.10. The van der Waals surface area contributed by atoms with Gasteiger partial charge >= 0.3 is 0 Å². The van der Waals surface area contributed by atoms with Crippen LogP contribution in [0.5, 0.6) is 11.5 Å². The average molecular weight is 266 g/mol. The highest BCUT2D eigenvalue weighted by atomic mass is 16.5. The van der Waals surface area contributed by atoms with Crippen LogP contribution in [-0.4, -0.2) is 32.7 Å². The van der Waals surface area contributed by atoms with Crippen LogP contribution >= 0.6 is 0 Å². The zero-order valence-electron chi connectivity index (χ0n) is 11.7. The monoisotopic (exact) mass is 266 g/mol. The Kier molecular flexibility index (Phi) is 5.63. The van der Waals surface area contributed by atoms with Gasteiger partial charge in [-0.25, -0.2) is 0 Å². The summed E-state index contributed by atoms with van der Waals surface area (Å²) in [6, 6.07) is 7.48. The van der Waals surface area contributed by atoms with Gasteiger partial charge in [0.05, 0.1) is 12.5 Å². The van der Waals surface area contributed by atoms with Crippen LogP contribution in [0.15, 0.2) is 24.3 Å². The second kappa shape index (κ2) is 6.99. The number of nitrogens with two attached hydrogens (primary N) is 1. The van der Waals surface area contributed by atoms with E-state index in [4.69, 9.17) is 15.2 Å². The number of para-hydroxylation sites is 2. The van der Waals surface area contributed by atoms with Gasteiger partial charge in [0.25, 0.3) is 0 Å². The fraction of sp³-hybridized carbons (Fsp3) is 0.500. The molecule has 19 heavy (non-hydrogen) atoms. The van der Waals surface area contributed by atoms with Crippen molar-refractivity contribution in [3.05, 3.63) is 24.3 Å². The predicted octanol–water partition coefficient (Wildman–Crippen LogP) is 1.18. The second-order valence-electron chi connectivity index (χ2n) is 4.92. The Bertz CT molecular complexity index is 419. The summed E-state index contributed by atoms with van der Waals surface area (Å²) in [5, 5.41) is 3.15. The Labute approximate surface area is 114 Å². The Hall–Kier alpha value is -1.75. The van der Waals surface area contributed by atoms with Gasteiger partial charge < -0.3 is 20.5 Å². The van der Waals surface area contributed by atoms with Crippen molar-refractivity contribution >= 4 is 5.91 Å². The summed E-state index contributed by atoms with van der Waals surface area (Å²) >= 11 is 0. The molecule has 0 aliphatic carbocycles. The fourth-order valence-electron chi connectivity index (χ4n) is 1.46. The van der Waals surface area contributed by atoms with Crippen LogP contribution in [0.2, 0.25) is 0 Å². The second-order valence-corrected chi connectivity index (χ2v) is 4.92. The maximum absolute atomic E-state index is 11.1. The van der Waals surface area contributed by atoms with E-state index in [-0.39, 0.29) is 5.91 Å². The van der Waals surface area contributed by atoms with Crippen molar-refractivity contribution in [1.82, 2.24) is 5.32 Å². The van der Waals surface area contributed by atoms with Crippen molar-refractivity contribution in [2.75, 3.05) is 26.8 Å². The number of hydrogen-bond acceptors (Lipinski definition) is 4. The van der Waals surface area contributed by atoms with Crippen molar-refractivity contribution in [3.8, 4) is 11.5 Å². The molecule has 5 nitrogen and oxygen atoms in total. The number of methoxy groups -OCH3 is 1. The SMILES string of the molecule is COc1ccccc1OCCNCC(C)(C)C(N)=O. The number of amides is 1. The Morgan fingerprint density at radius 2 is 1.95 bits per heavy atom. The third kappa shape index (κ3) is 4.79. The summed E-state index contributed by atoms with van der Waals surface area (Å²) in [6.45, 7) is 5.27. The summed E-state index contributed by atoms with van der Waals surface area (Å²) in [4.78, 5) is 11.1. The molecule has 0 spiro atoms. The Morgan fingerprint density at radius 3 is 2.53 bits per heavy atom. The van der Waals surface area contributed by atoms with Gasteiger partial charge in [-0.2, -0.15) is 0 Å². The minimum absolute atomic E-state index is 0.314. The van der Waals surface area contributed by atoms with Gasteiger partial charge in [0.1, 0.15) is 6.61 Å². The molecule has 0 unspecified atom stereocenters. The molecule has 0 fully saturated rings. The van der Waals surface area contributed by atoms with E-state index >= 15 is 0 Å². The van der Waals surface area contributed by atoms with Crippen LogP contribution in [0.1, 0.15) is 13.8 Å². The third-order valence-corrected chi connectivity index (χ3v) is 2.84. The molecular weight excluding hydrogens is 244 g/mol. The van der Waals surface area contributed by atoms with E-state index in [0.717, 1.165) is 0 Å². The lowest BCUT2D eigenvalue weighted by Crippen LogP contribution is -2.41. The Balaban J connectivity index is 2.30. The van der Waals surface area contributed by atoms with Gasteiger partial charge in [-0.1, -0.05) is 12.1 Å². The number of rotatable bonds is 8. The first-order valence-electron chi connectivity index (χ1n) is 6.24. The number of primary amides is 1. The summed E-state index contributed by atoms with van der Waals surface area (Å²) < 4.78 is 10.8. The number of carbonyl (C=O) groups is 1. The van der Waals surface area contributed by atoms with Crippen LogP contribution in [-0.2, 0) is 4.79 Å². The van der Waals surface area contributed by atoms with Crippen LogP contribution in [0.4, 0.5) is 0 Å². The molecule has 0 radical (unpaired) electrons. The van der Waals surface area contributed by atoms with Gasteiger partial charge in [-0.15, -0.1) is 0 Å². The van der Waals surface area contributed by atoms with Gasteiger partial charge in [0, 0.05) is 13.1 Å². The van der Waals surface area contributed by atoms with E-state index in [9.17, 15) is 4.79 Å². The van der Waals surface area contributed by atoms with E-state index < -0.39 is 5.41 Å². The first-order chi connectivity index (χ1) is 8.97. The zero-order chi connectivity index (χ0) is 14.3. The van der Waals surface area contributed by atoms with Crippen molar-refractivity contribution in [2.24, 2.45) is 11.1 Å². The topological polar surface area (TPSA) is 73.6 Å². The van der Waals surface area contributed by atoms with Crippen LogP contribution in [0, 0.1) is 5.41 Å². The van der Waals surface area contributed by atoms with Crippen LogP contribution in [0.25, 0.3) is 0 Å². The summed E-state index contributed by atoms with van der Waals surface area (Å²) in [7, 11) is 1.61. The van der Waals surface area contributed by atoms with Gasteiger partial charge in [0.2, 0.25) is 5.91 Å². The third-order valence-electron chi connectivity index (χ3n) is 2.84. The first-order valence-corrected chi connectivity index (χ1v) is 6.24. The van der Waals surface area contributed by atoms with Gasteiger partial charge in [0.15, 0.2) is 11.5 Å². The van der Waals surface area contributed by atoms with Gasteiger partial charge in [-0.05, 0) is 26.0 Å². The van der Waals surface area contributed by atoms with E-state index in [0.29, 0.717) is 31.2 Å². The highest BCUT2D eigenvalue weighted by Gasteiger charge is 2.23.